The number of sulfonamides is 2. The Balaban J connectivity index is 1.43. The van der Waals surface area contributed by atoms with E-state index in [4.69, 9.17) is 28.3 Å². The number of carbonyl (C=O) groups is 2. The van der Waals surface area contributed by atoms with Gasteiger partial charge in [-0.3, -0.25) is 13.9 Å². The van der Waals surface area contributed by atoms with Gasteiger partial charge in [-0.05, 0) is 54.6 Å². The Morgan fingerprint density at radius 1 is 0.905 bits per heavy atom. The molecule has 0 spiro atoms. The lowest BCUT2D eigenvalue weighted by molar-refractivity contribution is -0.136. The summed E-state index contributed by atoms with van der Waals surface area (Å²) < 4.78 is 54.0. The molecule has 11 nitrogen and oxygen atoms in total. The van der Waals surface area contributed by atoms with Crippen molar-refractivity contribution in [1.29, 1.82) is 0 Å². The van der Waals surface area contributed by atoms with Gasteiger partial charge in [0.25, 0.3) is 5.91 Å². The molecule has 1 heterocycles. The normalized spacial score (nSPS) is 14.4. The fourth-order valence-electron chi connectivity index (χ4n) is 4.41. The van der Waals surface area contributed by atoms with E-state index >= 15 is 0 Å². The number of rotatable bonds is 10. The van der Waals surface area contributed by atoms with Crippen LogP contribution in [0.3, 0.4) is 0 Å². The highest BCUT2D eigenvalue weighted by Crippen LogP contribution is 2.28. The van der Waals surface area contributed by atoms with Crippen molar-refractivity contribution >= 4 is 72.2 Å². The van der Waals surface area contributed by atoms with Gasteiger partial charge in [-0.25, -0.2) is 16.8 Å². The van der Waals surface area contributed by atoms with Crippen molar-refractivity contribution in [3.05, 3.63) is 82.3 Å². The van der Waals surface area contributed by atoms with E-state index in [0.29, 0.717) is 28.8 Å². The van der Waals surface area contributed by atoms with Gasteiger partial charge in [0.1, 0.15) is 0 Å². The molecular formula is C27H28Cl2N4O7S2. The Labute approximate surface area is 254 Å². The van der Waals surface area contributed by atoms with Gasteiger partial charge in [-0.2, -0.15) is 4.31 Å². The van der Waals surface area contributed by atoms with E-state index in [9.17, 15) is 26.4 Å². The molecule has 1 fully saturated rings. The molecule has 1 aliphatic rings. The molecule has 1 aliphatic heterocycles. The van der Waals surface area contributed by atoms with E-state index < -0.39 is 44.1 Å². The number of amides is 1. The first kappa shape index (κ1) is 31.6. The topological polar surface area (TPSA) is 144 Å². The highest BCUT2D eigenvalue weighted by Gasteiger charge is 2.29. The molecule has 0 unspecified atom stereocenters. The van der Waals surface area contributed by atoms with E-state index in [1.54, 1.807) is 30.3 Å². The summed E-state index contributed by atoms with van der Waals surface area (Å²) in [6.45, 7) is 1.41. The van der Waals surface area contributed by atoms with Crippen LogP contribution in [-0.2, 0) is 24.8 Å². The van der Waals surface area contributed by atoms with E-state index in [1.165, 1.54) is 47.8 Å². The zero-order chi connectivity index (χ0) is 30.7. The lowest BCUT2D eigenvalue weighted by Gasteiger charge is -2.35. The molecule has 2 N–H and O–H groups in total. The predicted octanol–water partition coefficient (Wildman–Crippen LogP) is 4.00. The first-order chi connectivity index (χ1) is 19.8. The molecule has 15 heteroatoms. The number of carboxylic acids is 1. The van der Waals surface area contributed by atoms with Crippen molar-refractivity contribution in [2.75, 3.05) is 53.5 Å². The van der Waals surface area contributed by atoms with Gasteiger partial charge in [0.2, 0.25) is 20.0 Å². The fourth-order valence-corrected chi connectivity index (χ4v) is 7.51. The smallest absolute Gasteiger partial charge is 0.304 e. The van der Waals surface area contributed by atoms with Gasteiger partial charge >= 0.3 is 5.97 Å². The molecule has 3 aromatic rings. The number of para-hydroxylation sites is 1. The summed E-state index contributed by atoms with van der Waals surface area (Å²) >= 11 is 12.2. The third-order valence-electron chi connectivity index (χ3n) is 6.68. The molecule has 0 aromatic heterocycles. The third-order valence-corrected chi connectivity index (χ3v) is 10.8. The van der Waals surface area contributed by atoms with Crippen molar-refractivity contribution in [2.24, 2.45) is 0 Å². The minimum atomic E-state index is -4.01. The maximum atomic E-state index is 13.3. The highest BCUT2D eigenvalue weighted by molar-refractivity contribution is 7.92. The molecule has 1 amide bonds. The number of piperazine rings is 1. The monoisotopic (exact) mass is 654 g/mol. The molecule has 1 saturated heterocycles. The molecule has 0 bridgehead atoms. The number of nitrogens with one attached hydrogen (secondary N) is 1. The molecule has 4 rings (SSSR count). The second kappa shape index (κ2) is 12.9. The second-order valence-electron chi connectivity index (χ2n) is 9.44. The maximum Gasteiger partial charge on any atom is 0.304 e. The summed E-state index contributed by atoms with van der Waals surface area (Å²) in [5.41, 5.74) is 1.22. The van der Waals surface area contributed by atoms with Gasteiger partial charge in [-0.1, -0.05) is 35.3 Å². The van der Waals surface area contributed by atoms with Crippen LogP contribution in [0.2, 0.25) is 10.0 Å². The van der Waals surface area contributed by atoms with Crippen molar-refractivity contribution in [2.45, 2.75) is 11.3 Å². The molecule has 0 radical (unpaired) electrons. The number of hydrogen-bond acceptors (Lipinski definition) is 7. The van der Waals surface area contributed by atoms with Gasteiger partial charge in [-0.15, -0.1) is 0 Å². The number of anilines is 3. The molecule has 0 aliphatic carbocycles. The van der Waals surface area contributed by atoms with Crippen LogP contribution in [0.25, 0.3) is 0 Å². The first-order valence-corrected chi connectivity index (χ1v) is 16.5. The van der Waals surface area contributed by atoms with Gasteiger partial charge in [0, 0.05) is 54.6 Å². The average molecular weight is 656 g/mol. The third kappa shape index (κ3) is 7.34. The summed E-state index contributed by atoms with van der Waals surface area (Å²) in [6, 6.07) is 16.9. The summed E-state index contributed by atoms with van der Waals surface area (Å²) in [5.74, 6) is -2.51. The first-order valence-electron chi connectivity index (χ1n) is 12.7. The Kier molecular flexibility index (Phi) is 9.68. The van der Waals surface area contributed by atoms with E-state index in [1.807, 2.05) is 4.90 Å². The zero-order valence-electron chi connectivity index (χ0n) is 22.4. The van der Waals surface area contributed by atoms with Crippen LogP contribution < -0.4 is 14.5 Å². The summed E-state index contributed by atoms with van der Waals surface area (Å²) in [6.07, 6.45) is -0.581. The van der Waals surface area contributed by atoms with Crippen LogP contribution in [0.1, 0.15) is 16.8 Å². The molecule has 224 valence electrons. The Bertz CT molecular complexity index is 1670. The number of halogens is 2. The van der Waals surface area contributed by atoms with Crippen LogP contribution in [-0.4, -0.2) is 77.1 Å². The second-order valence-corrected chi connectivity index (χ2v) is 14.4. The van der Waals surface area contributed by atoms with E-state index in [-0.39, 0.29) is 29.2 Å². The number of nitrogens with zero attached hydrogens (tertiary/aromatic N) is 3. The van der Waals surface area contributed by atoms with Crippen molar-refractivity contribution in [1.82, 2.24) is 4.31 Å². The number of benzene rings is 3. The number of hydrogen-bond donors (Lipinski definition) is 2. The van der Waals surface area contributed by atoms with E-state index in [0.717, 1.165) is 9.99 Å². The molecule has 0 saturated carbocycles. The largest absolute Gasteiger partial charge is 0.481 e. The molecule has 3 aromatic carbocycles. The summed E-state index contributed by atoms with van der Waals surface area (Å²) in [5, 5.41) is 12.5. The zero-order valence-corrected chi connectivity index (χ0v) is 25.5. The van der Waals surface area contributed by atoms with Crippen LogP contribution in [0.15, 0.2) is 71.6 Å². The van der Waals surface area contributed by atoms with Crippen LogP contribution in [0.4, 0.5) is 17.1 Å². The van der Waals surface area contributed by atoms with Gasteiger partial charge < -0.3 is 15.3 Å². The Hall–Kier alpha value is -3.36. The van der Waals surface area contributed by atoms with E-state index in [2.05, 4.69) is 5.32 Å². The van der Waals surface area contributed by atoms with Crippen molar-refractivity contribution < 1.29 is 31.5 Å². The molecule has 42 heavy (non-hydrogen) atoms. The number of carbonyl (C=O) groups excluding carboxylic acids is 1. The van der Waals surface area contributed by atoms with Crippen LogP contribution in [0.5, 0.6) is 0 Å². The van der Waals surface area contributed by atoms with Gasteiger partial charge in [0.05, 0.1) is 28.3 Å². The number of aliphatic carboxylic acids is 1. The van der Waals surface area contributed by atoms with Crippen LogP contribution >= 0.6 is 23.2 Å². The minimum absolute atomic E-state index is 0.0365. The van der Waals surface area contributed by atoms with Gasteiger partial charge in [0.15, 0.2) is 0 Å². The lowest BCUT2D eigenvalue weighted by atomic mass is 10.1. The Morgan fingerprint density at radius 2 is 1.50 bits per heavy atom. The summed E-state index contributed by atoms with van der Waals surface area (Å²) in [7, 11) is -6.56. The molecular weight excluding hydrogens is 627 g/mol. The number of carboxylic acid groups (broad SMARTS) is 1. The predicted molar refractivity (Wildman–Crippen MR) is 163 cm³/mol. The average Bonchev–Trinajstić information content (AvgIpc) is 2.95. The van der Waals surface area contributed by atoms with Crippen LogP contribution in [0, 0.1) is 0 Å². The molecule has 0 atom stereocenters. The van der Waals surface area contributed by atoms with Crippen molar-refractivity contribution in [3.8, 4) is 0 Å². The lowest BCUT2D eigenvalue weighted by Crippen LogP contribution is -2.48. The summed E-state index contributed by atoms with van der Waals surface area (Å²) in [4.78, 5) is 26.0. The standard InChI is InChI=1S/C27H28Cl2N4O7S2/c1-31(41(37,38)15-10-26(34)35)25-5-3-2-4-24(25)27(36)30-21-6-8-23(9-7-21)42(39,40)33-13-11-32(12-14-33)22-17-19(28)16-20(29)18-22/h2-9,16-18H,10-15H2,1H3,(H,30,36)(H,34,35). The van der Waals surface area contributed by atoms with Crippen molar-refractivity contribution in [3.63, 3.8) is 0 Å². The minimum Gasteiger partial charge on any atom is -0.481 e. The maximum absolute atomic E-state index is 13.3. The fraction of sp³-hybridized carbons (Fsp3) is 0.259. The Morgan fingerprint density at radius 3 is 2.10 bits per heavy atom. The highest BCUT2D eigenvalue weighted by atomic mass is 35.5. The quantitative estimate of drug-likeness (QED) is 0.334. The SMILES string of the molecule is CN(c1ccccc1C(=O)Nc1ccc(S(=O)(=O)N2CCN(c3cc(Cl)cc(Cl)c3)CC2)cc1)S(=O)(=O)CCC(=O)O.